The van der Waals surface area contributed by atoms with Gasteiger partial charge in [0.05, 0.1) is 11.3 Å². The molecular formula is C16H11NO5S3. The Morgan fingerprint density at radius 1 is 1.28 bits per heavy atom. The standard InChI is InChI=1S/C16H11NO5S3/c18-13(19)7-10(15(21)22)17-14(20)12(25-16(17)23)6-9-5-8-3-1-2-4-11(8)24-9/h1-6,10H,7H2,(H,18,19)(H,21,22). The van der Waals surface area contributed by atoms with Crippen LogP contribution in [0, 0.1) is 0 Å². The zero-order chi connectivity index (χ0) is 18.1. The van der Waals surface area contributed by atoms with Gasteiger partial charge in [0, 0.05) is 9.58 Å². The first-order valence-electron chi connectivity index (χ1n) is 7.07. The molecule has 0 aliphatic carbocycles. The van der Waals surface area contributed by atoms with Crippen LogP contribution in [-0.2, 0) is 14.4 Å². The lowest BCUT2D eigenvalue weighted by Gasteiger charge is -2.21. The number of amides is 1. The first-order chi connectivity index (χ1) is 11.9. The molecule has 3 rings (SSSR count). The average Bonchev–Trinajstić information content (AvgIpc) is 3.06. The fourth-order valence-electron chi connectivity index (χ4n) is 2.41. The highest BCUT2D eigenvalue weighted by Crippen LogP contribution is 2.36. The van der Waals surface area contributed by atoms with E-state index in [-0.39, 0.29) is 9.23 Å². The van der Waals surface area contributed by atoms with Crippen molar-refractivity contribution < 1.29 is 24.6 Å². The lowest BCUT2D eigenvalue weighted by Crippen LogP contribution is -2.45. The monoisotopic (exact) mass is 393 g/mol. The summed E-state index contributed by atoms with van der Waals surface area (Å²) in [4.78, 5) is 36.8. The number of aliphatic carboxylic acids is 2. The quantitative estimate of drug-likeness (QED) is 0.595. The third-order valence-corrected chi connectivity index (χ3v) is 5.90. The predicted octanol–water partition coefficient (Wildman–Crippen LogP) is 3.03. The predicted molar refractivity (Wildman–Crippen MR) is 101 cm³/mol. The summed E-state index contributed by atoms with van der Waals surface area (Å²) in [5, 5.41) is 19.2. The van der Waals surface area contributed by atoms with E-state index in [1.54, 1.807) is 6.08 Å². The van der Waals surface area contributed by atoms with E-state index in [4.69, 9.17) is 17.3 Å². The molecule has 25 heavy (non-hydrogen) atoms. The van der Waals surface area contributed by atoms with E-state index in [2.05, 4.69) is 0 Å². The van der Waals surface area contributed by atoms with Crippen molar-refractivity contribution in [1.82, 2.24) is 4.90 Å². The summed E-state index contributed by atoms with van der Waals surface area (Å²) in [6.07, 6.45) is 0.946. The van der Waals surface area contributed by atoms with Crippen LogP contribution >= 0.6 is 35.3 Å². The van der Waals surface area contributed by atoms with Crippen molar-refractivity contribution in [2.75, 3.05) is 0 Å². The van der Waals surface area contributed by atoms with Crippen LogP contribution in [0.5, 0.6) is 0 Å². The van der Waals surface area contributed by atoms with Gasteiger partial charge in [0.2, 0.25) is 0 Å². The molecule has 1 saturated heterocycles. The van der Waals surface area contributed by atoms with Crippen LogP contribution in [0.1, 0.15) is 11.3 Å². The van der Waals surface area contributed by atoms with Crippen LogP contribution in [0.25, 0.3) is 16.2 Å². The number of carboxylic acid groups (broad SMARTS) is 2. The van der Waals surface area contributed by atoms with Crippen LogP contribution in [-0.4, -0.2) is 43.3 Å². The zero-order valence-corrected chi connectivity index (χ0v) is 15.0. The fraction of sp³-hybridized carbons (Fsp3) is 0.125. The minimum Gasteiger partial charge on any atom is -0.481 e. The van der Waals surface area contributed by atoms with Crippen molar-refractivity contribution in [3.8, 4) is 0 Å². The highest BCUT2D eigenvalue weighted by molar-refractivity contribution is 8.26. The Balaban J connectivity index is 1.92. The number of thiocarbonyl (C=S) groups is 1. The van der Waals surface area contributed by atoms with Gasteiger partial charge >= 0.3 is 11.9 Å². The summed E-state index contributed by atoms with van der Waals surface area (Å²) in [5.41, 5.74) is 0. The second-order valence-electron chi connectivity index (χ2n) is 5.19. The van der Waals surface area contributed by atoms with E-state index in [1.807, 2.05) is 30.3 Å². The third kappa shape index (κ3) is 3.58. The molecule has 128 valence electrons. The zero-order valence-electron chi connectivity index (χ0n) is 12.5. The van der Waals surface area contributed by atoms with Gasteiger partial charge in [0.25, 0.3) is 5.91 Å². The molecule has 2 aromatic rings. The van der Waals surface area contributed by atoms with Gasteiger partial charge in [0.15, 0.2) is 0 Å². The molecule has 2 heterocycles. The van der Waals surface area contributed by atoms with Crippen LogP contribution in [0.2, 0.25) is 0 Å². The average molecular weight is 393 g/mol. The molecule has 1 aliphatic heterocycles. The Hall–Kier alpha value is -2.23. The SMILES string of the molecule is O=C(O)CC(C(=O)O)N1C(=O)C(=Cc2cc3ccccc3s2)SC1=S. The van der Waals surface area contributed by atoms with Gasteiger partial charge in [0.1, 0.15) is 10.4 Å². The fourth-order valence-corrected chi connectivity index (χ4v) is 4.84. The van der Waals surface area contributed by atoms with E-state index in [0.717, 1.165) is 31.6 Å². The summed E-state index contributed by atoms with van der Waals surface area (Å²) in [6.45, 7) is 0. The minimum absolute atomic E-state index is 0.0472. The van der Waals surface area contributed by atoms with Gasteiger partial charge in [-0.1, -0.05) is 42.2 Å². The van der Waals surface area contributed by atoms with Gasteiger partial charge in [-0.05, 0) is 23.6 Å². The number of nitrogens with zero attached hydrogens (tertiary/aromatic N) is 1. The van der Waals surface area contributed by atoms with Crippen LogP contribution in [0.3, 0.4) is 0 Å². The first-order valence-corrected chi connectivity index (χ1v) is 9.11. The normalized spacial score (nSPS) is 17.4. The van der Waals surface area contributed by atoms with Gasteiger partial charge < -0.3 is 10.2 Å². The van der Waals surface area contributed by atoms with Crippen LogP contribution < -0.4 is 0 Å². The highest BCUT2D eigenvalue weighted by Gasteiger charge is 2.41. The molecule has 1 aromatic carbocycles. The van der Waals surface area contributed by atoms with Gasteiger partial charge in [-0.3, -0.25) is 14.5 Å². The Kier molecular flexibility index (Phi) is 4.89. The van der Waals surface area contributed by atoms with Crippen molar-refractivity contribution >= 4 is 73.6 Å². The van der Waals surface area contributed by atoms with E-state index in [9.17, 15) is 19.5 Å². The van der Waals surface area contributed by atoms with Crippen molar-refractivity contribution in [3.63, 3.8) is 0 Å². The molecule has 0 spiro atoms. The van der Waals surface area contributed by atoms with E-state index < -0.39 is 30.3 Å². The number of thiophene rings is 1. The molecule has 1 atom stereocenters. The molecule has 1 unspecified atom stereocenters. The maximum absolute atomic E-state index is 12.6. The number of carboxylic acids is 2. The van der Waals surface area contributed by atoms with Gasteiger partial charge in [-0.25, -0.2) is 4.79 Å². The maximum atomic E-state index is 12.6. The molecule has 1 aromatic heterocycles. The molecule has 1 amide bonds. The largest absolute Gasteiger partial charge is 0.481 e. The summed E-state index contributed by atoms with van der Waals surface area (Å²) in [5.74, 6) is -3.29. The maximum Gasteiger partial charge on any atom is 0.327 e. The van der Waals surface area contributed by atoms with Gasteiger partial charge in [-0.15, -0.1) is 11.3 Å². The molecule has 1 aliphatic rings. The summed E-state index contributed by atoms with van der Waals surface area (Å²) in [7, 11) is 0. The molecule has 6 nitrogen and oxygen atoms in total. The van der Waals surface area contributed by atoms with E-state index in [1.165, 1.54) is 11.3 Å². The molecule has 0 radical (unpaired) electrons. The second kappa shape index (κ2) is 6.95. The first kappa shape index (κ1) is 17.6. The number of thioether (sulfide) groups is 1. The second-order valence-corrected chi connectivity index (χ2v) is 7.98. The van der Waals surface area contributed by atoms with Gasteiger partial charge in [-0.2, -0.15) is 0 Å². The van der Waals surface area contributed by atoms with Crippen molar-refractivity contribution in [2.24, 2.45) is 0 Å². The van der Waals surface area contributed by atoms with Crippen molar-refractivity contribution in [1.29, 1.82) is 0 Å². The number of hydrogen-bond acceptors (Lipinski definition) is 6. The molecular weight excluding hydrogens is 382 g/mol. The lowest BCUT2D eigenvalue weighted by molar-refractivity contribution is -0.150. The lowest BCUT2D eigenvalue weighted by atomic mass is 10.2. The smallest absolute Gasteiger partial charge is 0.327 e. The number of hydrogen-bond donors (Lipinski definition) is 2. The Labute approximate surface area is 155 Å². The highest BCUT2D eigenvalue weighted by atomic mass is 32.2. The molecule has 1 fully saturated rings. The number of benzene rings is 1. The molecule has 9 heteroatoms. The number of carbonyl (C=O) groups excluding carboxylic acids is 1. The van der Waals surface area contributed by atoms with Crippen molar-refractivity contribution in [3.05, 3.63) is 40.1 Å². The molecule has 0 bridgehead atoms. The van der Waals surface area contributed by atoms with E-state index in [0.29, 0.717) is 0 Å². The third-order valence-electron chi connectivity index (χ3n) is 3.51. The van der Waals surface area contributed by atoms with Crippen molar-refractivity contribution in [2.45, 2.75) is 12.5 Å². The number of rotatable bonds is 5. The van der Waals surface area contributed by atoms with Crippen LogP contribution in [0.4, 0.5) is 0 Å². The minimum atomic E-state index is -1.52. The Morgan fingerprint density at radius 3 is 2.64 bits per heavy atom. The molecule has 2 N–H and O–H groups in total. The Bertz CT molecular complexity index is 900. The number of carbonyl (C=O) groups is 3. The summed E-state index contributed by atoms with van der Waals surface area (Å²) in [6, 6.07) is 8.18. The summed E-state index contributed by atoms with van der Waals surface area (Å²) >= 11 is 7.58. The van der Waals surface area contributed by atoms with Crippen LogP contribution in [0.15, 0.2) is 35.2 Å². The molecule has 0 saturated carbocycles. The Morgan fingerprint density at radius 2 is 2.00 bits per heavy atom. The summed E-state index contributed by atoms with van der Waals surface area (Å²) < 4.78 is 1.12. The topological polar surface area (TPSA) is 94.9 Å². The number of fused-ring (bicyclic) bond motifs is 1. The van der Waals surface area contributed by atoms with E-state index >= 15 is 0 Å².